The molecule has 13 heteroatoms. The molecule has 64 heavy (non-hydrogen) atoms. The second kappa shape index (κ2) is 22.5. The van der Waals surface area contributed by atoms with Gasteiger partial charge in [0.25, 0.3) is 0 Å². The van der Waals surface area contributed by atoms with Gasteiger partial charge in [0, 0.05) is 31.7 Å². The van der Waals surface area contributed by atoms with Crippen LogP contribution in [0.1, 0.15) is 27.8 Å². The zero-order chi connectivity index (χ0) is 44.0. The Hall–Kier alpha value is -5.38. The quantitative estimate of drug-likeness (QED) is 0.0685. The molecule has 0 atom stereocenters. The largest absolute Gasteiger partial charge is 0.375 e. The third-order valence-electron chi connectivity index (χ3n) is 10.4. The maximum atomic E-state index is 6.75. The first-order valence-corrected chi connectivity index (χ1v) is 23.1. The van der Waals surface area contributed by atoms with Gasteiger partial charge in [0.05, 0.1) is 79.3 Å². The van der Waals surface area contributed by atoms with E-state index in [4.69, 9.17) is 29.2 Å². The number of aromatic nitrogens is 6. The van der Waals surface area contributed by atoms with Crippen molar-refractivity contribution in [1.29, 1.82) is 0 Å². The maximum Gasteiger partial charge on any atom is 0.106 e. The summed E-state index contributed by atoms with van der Waals surface area (Å²) in [5.74, 6) is 0. The minimum atomic E-state index is -0.777. The summed E-state index contributed by atoms with van der Waals surface area (Å²) in [6, 6.07) is 50.4. The molecule has 2 aromatic carbocycles. The molecule has 8 rings (SSSR count). The van der Waals surface area contributed by atoms with Crippen LogP contribution in [0.4, 0.5) is 0 Å². The Morgan fingerprint density at radius 3 is 1.00 bits per heavy atom. The smallest absolute Gasteiger partial charge is 0.106 e. The fourth-order valence-electron chi connectivity index (χ4n) is 7.11. The number of halogens is 3. The predicted molar refractivity (Wildman–Crippen MR) is 259 cm³/mol. The van der Waals surface area contributed by atoms with Gasteiger partial charge in [-0.1, -0.05) is 97.1 Å². The topological polar surface area (TPSA) is 108 Å². The van der Waals surface area contributed by atoms with Crippen LogP contribution < -0.4 is 0 Å². The summed E-state index contributed by atoms with van der Waals surface area (Å²) >= 11 is 10.4. The molecule has 0 aliphatic heterocycles. The van der Waals surface area contributed by atoms with Crippen LogP contribution in [0.15, 0.2) is 184 Å². The number of rotatable bonds is 20. The van der Waals surface area contributed by atoms with E-state index in [0.717, 1.165) is 75.8 Å². The molecule has 322 valence electrons. The van der Waals surface area contributed by atoms with E-state index in [-0.39, 0.29) is 0 Å². The first-order chi connectivity index (χ1) is 31.4. The summed E-state index contributed by atoms with van der Waals surface area (Å²) in [7, 11) is 0. The van der Waals surface area contributed by atoms with E-state index in [0.29, 0.717) is 52.7 Å². The average Bonchev–Trinajstić information content (AvgIpc) is 3.32. The fourth-order valence-corrected chi connectivity index (χ4v) is 8.14. The van der Waals surface area contributed by atoms with Crippen LogP contribution in [0.5, 0.6) is 0 Å². The Bertz CT molecular complexity index is 2430. The van der Waals surface area contributed by atoms with E-state index in [9.17, 15) is 0 Å². The highest BCUT2D eigenvalue weighted by atomic mass is 79.9. The normalized spacial score (nSPS) is 11.6. The molecule has 0 aliphatic carbocycles. The number of hydrogen-bond donors (Lipinski definition) is 0. The minimum Gasteiger partial charge on any atom is -0.375 e. The summed E-state index contributed by atoms with van der Waals surface area (Å²) in [4.78, 5) is 30.3. The van der Waals surface area contributed by atoms with Crippen molar-refractivity contribution in [2.24, 2.45) is 0 Å². The molecule has 6 heterocycles. The van der Waals surface area contributed by atoms with Gasteiger partial charge in [0.2, 0.25) is 0 Å². The zero-order valence-corrected chi connectivity index (χ0v) is 39.6. The van der Waals surface area contributed by atoms with E-state index in [2.05, 4.69) is 116 Å². The Kier molecular flexibility index (Phi) is 15.9. The van der Waals surface area contributed by atoms with Crippen LogP contribution in [0.2, 0.25) is 0 Å². The molecule has 8 aromatic rings. The van der Waals surface area contributed by atoms with Gasteiger partial charge in [-0.15, -0.1) is 0 Å². The second-order valence-electron chi connectivity index (χ2n) is 15.2. The molecule has 0 saturated carbocycles. The standard InChI is InChI=1S/C51H44Br3N7O3/c52-48-17-7-14-45(58-48)42-23-20-39(26-55-42)31-62-34-51(61(29-37-10-3-1-4-11-37)30-38-12-5-2-6-13-38,35-63-32-40-21-24-43(56-27-40)46-15-8-18-49(53)59-46)36-64-33-41-22-25-44(57-28-41)47-16-9-19-50(54)60-47/h1-28H,29-36H2. The SMILES string of the molecule is Brc1cccc(-c2ccc(COCC(COCc3ccc(-c4cccc(Br)n4)nc3)(COCc3ccc(-c4cccc(Br)n4)nc3)N(Cc3ccccc3)Cc3ccccc3)cn2)n1. The Labute approximate surface area is 398 Å². The number of pyridine rings is 6. The van der Waals surface area contributed by atoms with Crippen molar-refractivity contribution in [3.63, 3.8) is 0 Å². The van der Waals surface area contributed by atoms with Crippen LogP contribution in [0.25, 0.3) is 34.2 Å². The molecule has 0 radical (unpaired) electrons. The van der Waals surface area contributed by atoms with Gasteiger partial charge in [-0.2, -0.15) is 0 Å². The van der Waals surface area contributed by atoms with Crippen LogP contribution in [0.3, 0.4) is 0 Å². The van der Waals surface area contributed by atoms with Crippen molar-refractivity contribution in [3.8, 4) is 34.2 Å². The van der Waals surface area contributed by atoms with Gasteiger partial charge < -0.3 is 14.2 Å². The van der Waals surface area contributed by atoms with Crippen LogP contribution >= 0.6 is 47.8 Å². The Morgan fingerprint density at radius 1 is 0.359 bits per heavy atom. The molecule has 0 fully saturated rings. The summed E-state index contributed by atoms with van der Waals surface area (Å²) < 4.78 is 22.5. The third-order valence-corrected chi connectivity index (χ3v) is 11.8. The van der Waals surface area contributed by atoms with Crippen molar-refractivity contribution in [2.45, 2.75) is 38.4 Å². The highest BCUT2D eigenvalue weighted by Crippen LogP contribution is 2.28. The van der Waals surface area contributed by atoms with Gasteiger partial charge in [-0.3, -0.25) is 19.9 Å². The molecular formula is C51H44Br3N7O3. The monoisotopic (exact) mass is 1040 g/mol. The molecule has 0 saturated heterocycles. The van der Waals surface area contributed by atoms with Gasteiger partial charge >= 0.3 is 0 Å². The lowest BCUT2D eigenvalue weighted by Crippen LogP contribution is -2.58. The lowest BCUT2D eigenvalue weighted by atomic mass is 9.97. The van der Waals surface area contributed by atoms with E-state index in [1.807, 2.05) is 122 Å². The molecule has 0 N–H and O–H groups in total. The molecule has 6 aromatic heterocycles. The summed E-state index contributed by atoms with van der Waals surface area (Å²) in [6.07, 6.45) is 5.54. The third kappa shape index (κ3) is 12.7. The number of ether oxygens (including phenoxy) is 3. The zero-order valence-electron chi connectivity index (χ0n) is 34.8. The molecule has 10 nitrogen and oxygen atoms in total. The summed E-state index contributed by atoms with van der Waals surface area (Å²) in [5.41, 5.74) is 9.05. The predicted octanol–water partition coefficient (Wildman–Crippen LogP) is 11.7. The van der Waals surface area contributed by atoms with E-state index < -0.39 is 5.54 Å². The number of hydrogen-bond acceptors (Lipinski definition) is 10. The van der Waals surface area contributed by atoms with Crippen LogP contribution in [0, 0.1) is 0 Å². The highest BCUT2D eigenvalue weighted by molar-refractivity contribution is 9.11. The molecule has 0 aliphatic rings. The van der Waals surface area contributed by atoms with E-state index in [1.54, 1.807) is 0 Å². The lowest BCUT2D eigenvalue weighted by Gasteiger charge is -2.43. The van der Waals surface area contributed by atoms with Crippen LogP contribution in [-0.4, -0.2) is 60.2 Å². The molecule has 0 amide bonds. The molecular weight excluding hydrogens is 998 g/mol. The molecule has 0 unspecified atom stereocenters. The van der Waals surface area contributed by atoms with Crippen molar-refractivity contribution < 1.29 is 14.2 Å². The first kappa shape index (κ1) is 45.2. The Morgan fingerprint density at radius 2 is 0.703 bits per heavy atom. The average molecular weight is 1040 g/mol. The van der Waals surface area contributed by atoms with Crippen molar-refractivity contribution >= 4 is 47.8 Å². The van der Waals surface area contributed by atoms with Crippen molar-refractivity contribution in [1.82, 2.24) is 34.8 Å². The molecule has 0 spiro atoms. The fraction of sp³-hybridized carbons (Fsp3) is 0.176. The van der Waals surface area contributed by atoms with Crippen molar-refractivity contribution in [3.05, 3.63) is 212 Å². The summed E-state index contributed by atoms with van der Waals surface area (Å²) in [5, 5.41) is 0. The maximum absolute atomic E-state index is 6.75. The highest BCUT2D eigenvalue weighted by Gasteiger charge is 2.39. The van der Waals surface area contributed by atoms with E-state index >= 15 is 0 Å². The van der Waals surface area contributed by atoms with Gasteiger partial charge in [0.1, 0.15) is 13.8 Å². The second-order valence-corrected chi connectivity index (χ2v) is 17.7. The van der Waals surface area contributed by atoms with Gasteiger partial charge in [-0.05, 0) is 130 Å². The number of nitrogens with zero attached hydrogens (tertiary/aromatic N) is 7. The van der Waals surface area contributed by atoms with Crippen LogP contribution in [-0.2, 0) is 47.1 Å². The number of benzene rings is 2. The van der Waals surface area contributed by atoms with Gasteiger partial charge in [0.15, 0.2) is 0 Å². The summed E-state index contributed by atoms with van der Waals surface area (Å²) in [6.45, 7) is 3.10. The first-order valence-electron chi connectivity index (χ1n) is 20.7. The van der Waals surface area contributed by atoms with Crippen molar-refractivity contribution in [2.75, 3.05) is 19.8 Å². The molecule has 0 bridgehead atoms. The van der Waals surface area contributed by atoms with Gasteiger partial charge in [-0.25, -0.2) is 15.0 Å². The lowest BCUT2D eigenvalue weighted by molar-refractivity contribution is -0.115. The Balaban J connectivity index is 1.08. The van der Waals surface area contributed by atoms with E-state index in [1.165, 1.54) is 0 Å². The minimum absolute atomic E-state index is 0.291.